The van der Waals surface area contributed by atoms with Crippen LogP contribution in [0.3, 0.4) is 0 Å². The predicted octanol–water partition coefficient (Wildman–Crippen LogP) is 0.874. The third-order valence-corrected chi connectivity index (χ3v) is 7.24. The molecule has 0 N–H and O–H groups in total. The monoisotopic (exact) mass is 294 g/mol. The molecule has 6 heteroatoms. The molecule has 0 radical (unpaired) electrons. The van der Waals surface area contributed by atoms with Crippen molar-refractivity contribution < 1.29 is 18.9 Å². The zero-order valence-electron chi connectivity index (χ0n) is 12.4. The Balaban J connectivity index is 3.66. The van der Waals surface area contributed by atoms with E-state index in [2.05, 4.69) is 0 Å². The molecule has 0 aromatic rings. The number of rotatable bonds is 13. The highest BCUT2D eigenvalue weighted by molar-refractivity contribution is 6.43. The van der Waals surface area contributed by atoms with Gasteiger partial charge in [0.1, 0.15) is 11.8 Å². The Bertz CT molecular complexity index is 142. The van der Waals surface area contributed by atoms with Crippen LogP contribution in [-0.2, 0) is 18.9 Å². The van der Waals surface area contributed by atoms with Gasteiger partial charge in [-0.25, -0.2) is 0 Å². The van der Waals surface area contributed by atoms with Crippen molar-refractivity contribution in [2.75, 3.05) is 26.4 Å². The Labute approximate surface area is 116 Å². The molecule has 0 fully saturated rings. The maximum Gasteiger partial charge on any atom is 0.134 e. The first-order valence-electron chi connectivity index (χ1n) is 7.24. The van der Waals surface area contributed by atoms with Crippen molar-refractivity contribution >= 4 is 19.0 Å². The summed E-state index contributed by atoms with van der Waals surface area (Å²) in [5.41, 5.74) is 0. The average molecular weight is 295 g/mol. The van der Waals surface area contributed by atoms with E-state index < -0.39 is 0 Å². The maximum atomic E-state index is 5.58. The molecule has 0 unspecified atom stereocenters. The van der Waals surface area contributed by atoms with Crippen LogP contribution in [-0.4, -0.2) is 57.3 Å². The molecule has 18 heavy (non-hydrogen) atoms. The Morgan fingerprint density at radius 3 is 1.11 bits per heavy atom. The van der Waals surface area contributed by atoms with Crippen molar-refractivity contribution in [1.82, 2.24) is 0 Å². The molecule has 0 atom stereocenters. The molecule has 0 aromatic carbocycles. The Morgan fingerprint density at radius 1 is 0.611 bits per heavy atom. The zero-order chi connectivity index (χ0) is 13.6. The highest BCUT2D eigenvalue weighted by Gasteiger charge is 2.11. The van der Waals surface area contributed by atoms with Crippen molar-refractivity contribution in [3.8, 4) is 0 Å². The van der Waals surface area contributed by atoms with Gasteiger partial charge in [-0.1, -0.05) is 12.1 Å². The molecule has 0 spiro atoms. The van der Waals surface area contributed by atoms with Gasteiger partial charge in [-0.3, -0.25) is 0 Å². The van der Waals surface area contributed by atoms with E-state index in [4.69, 9.17) is 18.9 Å². The van der Waals surface area contributed by atoms with Crippen LogP contribution in [0.25, 0.3) is 0 Å². The van der Waals surface area contributed by atoms with Crippen LogP contribution < -0.4 is 0 Å². The molecule has 110 valence electrons. The molecule has 0 aliphatic heterocycles. The lowest BCUT2D eigenvalue weighted by atomic mass is 10.8. The topological polar surface area (TPSA) is 36.9 Å². The summed E-state index contributed by atoms with van der Waals surface area (Å²) in [6.07, 6.45) is 0. The zero-order valence-corrected chi connectivity index (χ0v) is 15.3. The fourth-order valence-electron chi connectivity index (χ4n) is 1.80. The van der Waals surface area contributed by atoms with Crippen molar-refractivity contribution in [2.24, 2.45) is 0 Å². The molecular weight excluding hydrogens is 264 g/mol. The van der Waals surface area contributed by atoms with E-state index in [0.29, 0.717) is 0 Å². The quantitative estimate of drug-likeness (QED) is 0.287. The summed E-state index contributed by atoms with van der Waals surface area (Å²) in [6.45, 7) is 11.1. The summed E-state index contributed by atoms with van der Waals surface area (Å²) >= 11 is 0. The van der Waals surface area contributed by atoms with Gasteiger partial charge in [-0.15, -0.1) is 0 Å². The second-order valence-corrected chi connectivity index (χ2v) is 7.87. The highest BCUT2D eigenvalue weighted by Crippen LogP contribution is 2.03. The second kappa shape index (κ2) is 13.7. The predicted molar refractivity (Wildman–Crippen MR) is 80.8 cm³/mol. The Hall–Kier alpha value is 0.274. The van der Waals surface area contributed by atoms with Gasteiger partial charge in [0.2, 0.25) is 0 Å². The van der Waals surface area contributed by atoms with Gasteiger partial charge in [0.05, 0.1) is 19.0 Å². The largest absolute Gasteiger partial charge is 0.357 e. The van der Waals surface area contributed by atoms with Crippen LogP contribution in [0, 0.1) is 0 Å². The van der Waals surface area contributed by atoms with Crippen LogP contribution in [0.2, 0.25) is 12.1 Å². The summed E-state index contributed by atoms with van der Waals surface area (Å²) in [5, 5.41) is 0. The van der Waals surface area contributed by atoms with Gasteiger partial charge >= 0.3 is 0 Å². The molecule has 0 aliphatic rings. The normalized spacial score (nSPS) is 13.0. The molecule has 0 saturated carbocycles. The summed E-state index contributed by atoms with van der Waals surface area (Å²) in [5.74, 6) is 0.207. The van der Waals surface area contributed by atoms with Crippen LogP contribution >= 0.6 is 0 Å². The minimum Gasteiger partial charge on any atom is -0.357 e. The van der Waals surface area contributed by atoms with Crippen LogP contribution in [0.1, 0.15) is 27.7 Å². The standard InChI is InChI=1S/C12H30O4Si2/c1-5-13-11(14-6-2)17-9-10-18-12(15-7-3)16-8-4/h11-12H,5-10,17-18H2,1-4H3. The minimum absolute atomic E-state index is 0.103. The van der Waals surface area contributed by atoms with Gasteiger partial charge in [0.25, 0.3) is 0 Å². The lowest BCUT2D eigenvalue weighted by Gasteiger charge is -2.18. The van der Waals surface area contributed by atoms with E-state index in [9.17, 15) is 0 Å². The third-order valence-electron chi connectivity index (χ3n) is 2.54. The van der Waals surface area contributed by atoms with E-state index >= 15 is 0 Å². The summed E-state index contributed by atoms with van der Waals surface area (Å²) < 4.78 is 22.3. The lowest BCUT2D eigenvalue weighted by molar-refractivity contribution is -0.0838. The van der Waals surface area contributed by atoms with Crippen LogP contribution in [0.5, 0.6) is 0 Å². The van der Waals surface area contributed by atoms with E-state index in [1.807, 2.05) is 27.7 Å². The van der Waals surface area contributed by atoms with Crippen molar-refractivity contribution in [1.29, 1.82) is 0 Å². The first-order chi connectivity index (χ1) is 8.78. The van der Waals surface area contributed by atoms with Gasteiger partial charge in [-0.2, -0.15) is 0 Å². The molecule has 0 aliphatic carbocycles. The smallest absolute Gasteiger partial charge is 0.134 e. The summed E-state index contributed by atoms with van der Waals surface area (Å²) in [4.78, 5) is 0. The van der Waals surface area contributed by atoms with E-state index in [1.54, 1.807) is 0 Å². The van der Waals surface area contributed by atoms with E-state index in [-0.39, 0.29) is 30.9 Å². The molecule has 0 aromatic heterocycles. The third kappa shape index (κ3) is 10.2. The molecule has 0 amide bonds. The maximum absolute atomic E-state index is 5.58. The number of hydrogen-bond donors (Lipinski definition) is 0. The molecule has 0 bridgehead atoms. The second-order valence-electron chi connectivity index (χ2n) is 3.96. The average Bonchev–Trinajstić information content (AvgIpc) is 2.35. The van der Waals surface area contributed by atoms with E-state index in [1.165, 1.54) is 12.1 Å². The lowest BCUT2D eigenvalue weighted by Crippen LogP contribution is -2.27. The fourth-order valence-corrected chi connectivity index (χ4v) is 6.38. The highest BCUT2D eigenvalue weighted by atomic mass is 28.2. The molecule has 0 saturated heterocycles. The molecule has 0 rings (SSSR count). The molecular formula is C12H30O4Si2. The number of ether oxygens (including phenoxy) is 4. The first kappa shape index (κ1) is 18.3. The molecule has 4 nitrogen and oxygen atoms in total. The minimum atomic E-state index is -0.288. The van der Waals surface area contributed by atoms with Crippen molar-refractivity contribution in [3.63, 3.8) is 0 Å². The number of hydrogen-bond acceptors (Lipinski definition) is 4. The molecule has 0 heterocycles. The SMILES string of the molecule is CCOC(OCC)[SiH2]CC[SiH2]C(OCC)OCC. The summed E-state index contributed by atoms with van der Waals surface area (Å²) in [7, 11) is -0.577. The van der Waals surface area contributed by atoms with Gasteiger partial charge < -0.3 is 18.9 Å². The fraction of sp³-hybridized carbons (Fsp3) is 1.00. The van der Waals surface area contributed by atoms with Gasteiger partial charge in [0.15, 0.2) is 0 Å². The first-order valence-corrected chi connectivity index (χ1v) is 10.9. The Kier molecular flexibility index (Phi) is 13.9. The van der Waals surface area contributed by atoms with Gasteiger partial charge in [0, 0.05) is 26.4 Å². The van der Waals surface area contributed by atoms with Crippen molar-refractivity contribution in [3.05, 3.63) is 0 Å². The Morgan fingerprint density at radius 2 is 0.889 bits per heavy atom. The van der Waals surface area contributed by atoms with Crippen LogP contribution in [0.4, 0.5) is 0 Å². The van der Waals surface area contributed by atoms with Crippen LogP contribution in [0.15, 0.2) is 0 Å². The summed E-state index contributed by atoms with van der Waals surface area (Å²) in [6, 6.07) is 2.54. The van der Waals surface area contributed by atoms with Gasteiger partial charge in [-0.05, 0) is 27.7 Å². The van der Waals surface area contributed by atoms with Crippen molar-refractivity contribution in [2.45, 2.75) is 51.6 Å². The van der Waals surface area contributed by atoms with E-state index in [0.717, 1.165) is 26.4 Å².